The summed E-state index contributed by atoms with van der Waals surface area (Å²) in [5, 5.41) is 14.4. The van der Waals surface area contributed by atoms with E-state index in [0.717, 1.165) is 41.8 Å². The fraction of sp³-hybridized carbons (Fsp3) is 0.429. The molecule has 0 heterocycles. The van der Waals surface area contributed by atoms with Crippen molar-refractivity contribution in [3.63, 3.8) is 0 Å². The Bertz CT molecular complexity index is 730. The highest BCUT2D eigenvalue weighted by atomic mass is 16.6. The summed E-state index contributed by atoms with van der Waals surface area (Å²) in [5.74, 6) is 0. The molecule has 26 heavy (non-hydrogen) atoms. The maximum Gasteiger partial charge on any atom is 0.269 e. The number of anilines is 1. The number of hydrogen-bond donors (Lipinski definition) is 1. The van der Waals surface area contributed by atoms with Crippen LogP contribution in [0.1, 0.15) is 31.4 Å². The molecule has 0 amide bonds. The van der Waals surface area contributed by atoms with Crippen LogP contribution in [0.4, 0.5) is 11.4 Å². The van der Waals surface area contributed by atoms with Crippen molar-refractivity contribution in [3.8, 4) is 0 Å². The summed E-state index contributed by atoms with van der Waals surface area (Å²) in [7, 11) is 2.27. The number of likely N-dealkylation sites (N-methyl/N-ethyl adjacent to an activating group) is 1. The molecule has 0 saturated carbocycles. The maximum atomic E-state index is 10.8. The van der Waals surface area contributed by atoms with E-state index in [1.165, 1.54) is 5.56 Å². The Morgan fingerprint density at radius 3 is 2.46 bits per heavy atom. The lowest BCUT2D eigenvalue weighted by atomic mass is 10.1. The molecule has 5 nitrogen and oxygen atoms in total. The number of nitrogens with zero attached hydrogens (tertiary/aromatic N) is 2. The van der Waals surface area contributed by atoms with Crippen molar-refractivity contribution < 1.29 is 9.41 Å². The van der Waals surface area contributed by atoms with Crippen molar-refractivity contribution in [1.29, 1.82) is 0 Å². The summed E-state index contributed by atoms with van der Waals surface area (Å²) in [6.07, 6.45) is 1.09. The summed E-state index contributed by atoms with van der Waals surface area (Å²) in [4.78, 5) is 10.5. The van der Waals surface area contributed by atoms with Crippen LogP contribution in [0.3, 0.4) is 0 Å². The predicted octanol–water partition coefficient (Wildman–Crippen LogP) is 4.76. The minimum absolute atomic E-state index is 0.146. The molecule has 0 aliphatic heterocycles. The third-order valence-corrected chi connectivity index (χ3v) is 5.32. The first-order valence-electron chi connectivity index (χ1n) is 9.22. The van der Waals surface area contributed by atoms with Gasteiger partial charge in [0.2, 0.25) is 0 Å². The van der Waals surface area contributed by atoms with Crippen LogP contribution < -0.4 is 5.32 Å². The van der Waals surface area contributed by atoms with E-state index in [1.807, 2.05) is 12.1 Å². The van der Waals surface area contributed by atoms with Gasteiger partial charge >= 0.3 is 0 Å². The van der Waals surface area contributed by atoms with Gasteiger partial charge < -0.3 is 9.80 Å². The van der Waals surface area contributed by atoms with E-state index in [-0.39, 0.29) is 10.6 Å². The quantitative estimate of drug-likeness (QED) is 0.400. The van der Waals surface area contributed by atoms with E-state index in [0.29, 0.717) is 6.04 Å². The fourth-order valence-corrected chi connectivity index (χ4v) is 3.25. The second-order valence-corrected chi connectivity index (χ2v) is 7.34. The van der Waals surface area contributed by atoms with Crippen molar-refractivity contribution in [2.24, 2.45) is 0 Å². The molecule has 0 aliphatic rings. The Balaban J connectivity index is 2.05. The lowest BCUT2D eigenvalue weighted by Crippen LogP contribution is -2.52. The molecular weight excluding hydrogens is 326 g/mol. The van der Waals surface area contributed by atoms with Crippen LogP contribution >= 0.6 is 0 Å². The van der Waals surface area contributed by atoms with E-state index in [4.69, 9.17) is 0 Å². The van der Waals surface area contributed by atoms with E-state index >= 15 is 0 Å². The Labute approximate surface area is 156 Å². The van der Waals surface area contributed by atoms with Crippen LogP contribution in [0, 0.1) is 17.0 Å². The van der Waals surface area contributed by atoms with Crippen LogP contribution in [0.5, 0.6) is 0 Å². The van der Waals surface area contributed by atoms with Gasteiger partial charge in [-0.05, 0) is 50.1 Å². The van der Waals surface area contributed by atoms with Crippen LogP contribution in [-0.2, 0) is 6.54 Å². The number of rotatable bonds is 9. The largest absolute Gasteiger partial charge is 0.379 e. The van der Waals surface area contributed by atoms with Gasteiger partial charge in [-0.15, -0.1) is 0 Å². The van der Waals surface area contributed by atoms with E-state index in [1.54, 1.807) is 12.1 Å². The average molecular weight is 356 g/mol. The molecule has 2 rings (SSSR count). The third-order valence-electron chi connectivity index (χ3n) is 5.32. The second-order valence-electron chi connectivity index (χ2n) is 7.34. The minimum Gasteiger partial charge on any atom is -0.379 e. The first-order chi connectivity index (χ1) is 12.3. The van der Waals surface area contributed by atoms with E-state index < -0.39 is 0 Å². The normalized spacial score (nSPS) is 14.5. The number of aryl methyl sites for hydroxylation is 1. The summed E-state index contributed by atoms with van der Waals surface area (Å²) >= 11 is 0. The molecule has 140 valence electrons. The summed E-state index contributed by atoms with van der Waals surface area (Å²) in [6, 6.07) is 15.9. The molecule has 2 aromatic rings. The number of nitrogens with one attached hydrogen (secondary N) is 1. The minimum atomic E-state index is -0.349. The molecule has 0 fully saturated rings. The molecule has 2 unspecified atom stereocenters. The molecule has 2 atom stereocenters. The zero-order chi connectivity index (χ0) is 19.2. The number of hydrogen-bond acceptors (Lipinski definition) is 3. The monoisotopic (exact) mass is 356 g/mol. The second kappa shape index (κ2) is 8.81. The summed E-state index contributed by atoms with van der Waals surface area (Å²) in [6.45, 7) is 9.32. The predicted molar refractivity (Wildman–Crippen MR) is 107 cm³/mol. The first-order valence-corrected chi connectivity index (χ1v) is 9.22. The van der Waals surface area contributed by atoms with Gasteiger partial charge in [0.25, 0.3) is 5.69 Å². The van der Waals surface area contributed by atoms with Gasteiger partial charge in [0.15, 0.2) is 0 Å². The van der Waals surface area contributed by atoms with Gasteiger partial charge in [0, 0.05) is 23.4 Å². The van der Waals surface area contributed by atoms with Crippen LogP contribution in [-0.4, -0.2) is 35.6 Å². The Morgan fingerprint density at radius 2 is 1.88 bits per heavy atom. The molecule has 0 aromatic heterocycles. The van der Waals surface area contributed by atoms with Crippen molar-refractivity contribution in [2.45, 2.75) is 39.8 Å². The molecular formula is C21H30N3O2+. The van der Waals surface area contributed by atoms with E-state index in [2.05, 4.69) is 57.4 Å². The van der Waals surface area contributed by atoms with Gasteiger partial charge in [0.05, 0.1) is 31.1 Å². The highest BCUT2D eigenvalue weighted by Gasteiger charge is 2.28. The molecule has 0 spiro atoms. The number of non-ortho nitro benzene ring substituents is 1. The highest BCUT2D eigenvalue weighted by molar-refractivity contribution is 5.45. The molecule has 0 bridgehead atoms. The molecule has 5 heteroatoms. The zero-order valence-corrected chi connectivity index (χ0v) is 16.2. The number of nitro benzene ring substituents is 1. The van der Waals surface area contributed by atoms with Crippen molar-refractivity contribution >= 4 is 11.4 Å². The lowest BCUT2D eigenvalue weighted by molar-refractivity contribution is -0.943. The molecule has 0 radical (unpaired) electrons. The average Bonchev–Trinajstić information content (AvgIpc) is 2.61. The van der Waals surface area contributed by atoms with Crippen molar-refractivity contribution in [3.05, 3.63) is 69.8 Å². The maximum absolute atomic E-state index is 10.8. The smallest absolute Gasteiger partial charge is 0.269 e. The molecule has 0 saturated heterocycles. The van der Waals surface area contributed by atoms with Crippen LogP contribution in [0.2, 0.25) is 0 Å². The van der Waals surface area contributed by atoms with Crippen molar-refractivity contribution in [2.75, 3.05) is 25.5 Å². The topological polar surface area (TPSA) is 55.2 Å². The Kier molecular flexibility index (Phi) is 6.75. The van der Waals surface area contributed by atoms with Gasteiger partial charge in [-0.3, -0.25) is 10.1 Å². The zero-order valence-electron chi connectivity index (χ0n) is 16.2. The van der Waals surface area contributed by atoms with Gasteiger partial charge in [-0.1, -0.05) is 19.1 Å². The van der Waals surface area contributed by atoms with Crippen LogP contribution in [0.25, 0.3) is 0 Å². The molecule has 0 aliphatic carbocycles. The van der Waals surface area contributed by atoms with Gasteiger partial charge in [0.1, 0.15) is 6.54 Å². The summed E-state index contributed by atoms with van der Waals surface area (Å²) in [5.41, 5.74) is 3.68. The fourth-order valence-electron chi connectivity index (χ4n) is 3.25. The SMILES string of the molecule is CCC(C)[N+](C)(CCNc1cccc(C)c1)Cc1ccc([N+](=O)[O-])cc1. The van der Waals surface area contributed by atoms with Gasteiger partial charge in [-0.2, -0.15) is 0 Å². The highest BCUT2D eigenvalue weighted by Crippen LogP contribution is 2.21. The molecule has 2 aromatic carbocycles. The number of nitro groups is 1. The molecule has 1 N–H and O–H groups in total. The first kappa shape index (κ1) is 19.9. The third kappa shape index (κ3) is 5.30. The Hall–Kier alpha value is -2.40. The number of quaternary nitrogens is 1. The lowest BCUT2D eigenvalue weighted by Gasteiger charge is -2.40. The standard InChI is InChI=1S/C21H30N3O2/c1-5-18(3)24(4,14-13-22-20-8-6-7-17(2)15-20)16-19-9-11-21(12-10-19)23(25)26/h6-12,15,18,22H,5,13-14,16H2,1-4H3/q+1. The van der Waals surface area contributed by atoms with E-state index in [9.17, 15) is 10.1 Å². The van der Waals surface area contributed by atoms with Crippen molar-refractivity contribution in [1.82, 2.24) is 0 Å². The van der Waals surface area contributed by atoms with Crippen LogP contribution in [0.15, 0.2) is 48.5 Å². The number of benzene rings is 2. The summed E-state index contributed by atoms with van der Waals surface area (Å²) < 4.78 is 0.896. The Morgan fingerprint density at radius 1 is 1.19 bits per heavy atom. The van der Waals surface area contributed by atoms with Gasteiger partial charge in [-0.25, -0.2) is 0 Å².